The van der Waals surface area contributed by atoms with E-state index in [1.165, 1.54) is 0 Å². The Hall–Kier alpha value is -1.95. The Morgan fingerprint density at radius 2 is 2.14 bits per heavy atom. The van der Waals surface area contributed by atoms with E-state index in [-0.39, 0.29) is 18.1 Å². The highest BCUT2D eigenvalue weighted by molar-refractivity contribution is 5.87. The standard InChI is InChI=1S/C16H24N4O2/c1-20(2)11-3-4-15(21)19-13-5-7-14(8-6-13)22-16-12-17-9-10-18-16/h3-4,9-10,12-14H,5-8,11H2,1-2H3,(H,19,21)/b4-3+. The van der Waals surface area contributed by atoms with Crippen LogP contribution in [0.25, 0.3) is 0 Å². The number of amides is 1. The van der Waals surface area contributed by atoms with E-state index in [9.17, 15) is 4.79 Å². The monoisotopic (exact) mass is 304 g/mol. The van der Waals surface area contributed by atoms with Crippen molar-refractivity contribution in [3.05, 3.63) is 30.7 Å². The summed E-state index contributed by atoms with van der Waals surface area (Å²) in [5.41, 5.74) is 0. The van der Waals surface area contributed by atoms with Crippen molar-refractivity contribution in [3.8, 4) is 5.88 Å². The second-order valence-corrected chi connectivity index (χ2v) is 5.81. The van der Waals surface area contributed by atoms with Crippen molar-refractivity contribution >= 4 is 5.91 Å². The van der Waals surface area contributed by atoms with E-state index < -0.39 is 0 Å². The molecule has 0 bridgehead atoms. The lowest BCUT2D eigenvalue weighted by Crippen LogP contribution is -2.39. The Bertz CT molecular complexity index is 482. The number of nitrogens with one attached hydrogen (secondary N) is 1. The van der Waals surface area contributed by atoms with Gasteiger partial charge < -0.3 is 15.0 Å². The van der Waals surface area contributed by atoms with Gasteiger partial charge in [0.05, 0.1) is 6.20 Å². The molecule has 6 heteroatoms. The van der Waals surface area contributed by atoms with Crippen molar-refractivity contribution in [3.63, 3.8) is 0 Å². The Labute approximate surface area is 131 Å². The maximum atomic E-state index is 11.8. The second kappa shape index (κ2) is 8.48. The summed E-state index contributed by atoms with van der Waals surface area (Å²) in [4.78, 5) is 21.9. The molecule has 2 rings (SSSR count). The molecule has 0 aliphatic heterocycles. The van der Waals surface area contributed by atoms with Crippen molar-refractivity contribution in [1.82, 2.24) is 20.2 Å². The smallest absolute Gasteiger partial charge is 0.243 e. The minimum atomic E-state index is -0.0138. The summed E-state index contributed by atoms with van der Waals surface area (Å²) in [5.74, 6) is 0.557. The summed E-state index contributed by atoms with van der Waals surface area (Å²) in [6.07, 6.45) is 12.2. The quantitative estimate of drug-likeness (QED) is 0.805. The highest BCUT2D eigenvalue weighted by atomic mass is 16.5. The van der Waals surface area contributed by atoms with Gasteiger partial charge in [0.25, 0.3) is 0 Å². The molecule has 0 saturated heterocycles. The fourth-order valence-corrected chi connectivity index (χ4v) is 2.46. The Morgan fingerprint density at radius 3 is 2.77 bits per heavy atom. The zero-order valence-corrected chi connectivity index (χ0v) is 13.2. The lowest BCUT2D eigenvalue weighted by atomic mass is 9.93. The summed E-state index contributed by atoms with van der Waals surface area (Å²) in [6, 6.07) is 0.234. The van der Waals surface area contributed by atoms with E-state index in [1.807, 2.05) is 25.1 Å². The average molecular weight is 304 g/mol. The molecule has 120 valence electrons. The maximum Gasteiger partial charge on any atom is 0.243 e. The molecule has 1 aromatic heterocycles. The Kier molecular flexibility index (Phi) is 6.33. The van der Waals surface area contributed by atoms with Crippen LogP contribution in [0.5, 0.6) is 5.88 Å². The van der Waals surface area contributed by atoms with Gasteiger partial charge in [-0.2, -0.15) is 0 Å². The molecule has 1 saturated carbocycles. The summed E-state index contributed by atoms with van der Waals surface area (Å²) in [6.45, 7) is 0.770. The normalized spacial score (nSPS) is 22.0. The van der Waals surface area contributed by atoms with Gasteiger partial charge >= 0.3 is 0 Å². The highest BCUT2D eigenvalue weighted by Crippen LogP contribution is 2.22. The molecule has 22 heavy (non-hydrogen) atoms. The molecule has 1 aliphatic rings. The van der Waals surface area contributed by atoms with E-state index in [0.29, 0.717) is 5.88 Å². The number of ether oxygens (including phenoxy) is 1. The maximum absolute atomic E-state index is 11.8. The van der Waals surface area contributed by atoms with Crippen molar-refractivity contribution in [2.75, 3.05) is 20.6 Å². The van der Waals surface area contributed by atoms with Gasteiger partial charge in [-0.3, -0.25) is 9.78 Å². The van der Waals surface area contributed by atoms with Gasteiger partial charge in [0, 0.05) is 31.1 Å². The molecule has 1 N–H and O–H groups in total. The minimum absolute atomic E-state index is 0.0138. The van der Waals surface area contributed by atoms with Crippen LogP contribution in [0.15, 0.2) is 30.7 Å². The summed E-state index contributed by atoms with van der Waals surface area (Å²) >= 11 is 0. The lowest BCUT2D eigenvalue weighted by Gasteiger charge is -2.28. The average Bonchev–Trinajstić information content (AvgIpc) is 2.50. The molecular weight excluding hydrogens is 280 g/mol. The number of aromatic nitrogens is 2. The fraction of sp³-hybridized carbons (Fsp3) is 0.562. The van der Waals surface area contributed by atoms with E-state index in [1.54, 1.807) is 24.7 Å². The van der Waals surface area contributed by atoms with Crippen molar-refractivity contribution < 1.29 is 9.53 Å². The topological polar surface area (TPSA) is 67.4 Å². The van der Waals surface area contributed by atoms with Crippen LogP contribution < -0.4 is 10.1 Å². The lowest BCUT2D eigenvalue weighted by molar-refractivity contribution is -0.117. The molecule has 1 aliphatic carbocycles. The fourth-order valence-electron chi connectivity index (χ4n) is 2.46. The molecule has 1 heterocycles. The van der Waals surface area contributed by atoms with Crippen molar-refractivity contribution in [2.45, 2.75) is 37.8 Å². The van der Waals surface area contributed by atoms with Crippen molar-refractivity contribution in [1.29, 1.82) is 0 Å². The minimum Gasteiger partial charge on any atom is -0.473 e. The van der Waals surface area contributed by atoms with Crippen LogP contribution in [0.2, 0.25) is 0 Å². The van der Waals surface area contributed by atoms with Gasteiger partial charge in [0.1, 0.15) is 6.10 Å². The van der Waals surface area contributed by atoms with Gasteiger partial charge in [-0.1, -0.05) is 6.08 Å². The number of carbonyl (C=O) groups excluding carboxylic acids is 1. The first kappa shape index (κ1) is 16.4. The zero-order valence-electron chi connectivity index (χ0n) is 13.2. The molecule has 1 fully saturated rings. The molecule has 0 unspecified atom stereocenters. The van der Waals surface area contributed by atoms with Gasteiger partial charge in [-0.05, 0) is 39.8 Å². The van der Waals surface area contributed by atoms with E-state index in [0.717, 1.165) is 32.2 Å². The number of carbonyl (C=O) groups is 1. The largest absolute Gasteiger partial charge is 0.473 e. The third-order valence-corrected chi connectivity index (χ3v) is 3.59. The first-order valence-electron chi connectivity index (χ1n) is 7.68. The number of hydrogen-bond donors (Lipinski definition) is 1. The summed E-state index contributed by atoms with van der Waals surface area (Å²) in [7, 11) is 3.95. The van der Waals surface area contributed by atoms with Crippen LogP contribution in [0.1, 0.15) is 25.7 Å². The number of hydrogen-bond acceptors (Lipinski definition) is 5. The molecule has 6 nitrogen and oxygen atoms in total. The first-order chi connectivity index (χ1) is 10.6. The van der Waals surface area contributed by atoms with E-state index >= 15 is 0 Å². The molecular formula is C16H24N4O2. The number of rotatable bonds is 6. The third kappa shape index (κ3) is 5.81. The summed E-state index contributed by atoms with van der Waals surface area (Å²) in [5, 5.41) is 3.05. The predicted octanol–water partition coefficient (Wildman–Crippen LogP) is 1.40. The van der Waals surface area contributed by atoms with Crippen LogP contribution in [-0.2, 0) is 4.79 Å². The van der Waals surface area contributed by atoms with Gasteiger partial charge in [-0.15, -0.1) is 0 Å². The molecule has 1 amide bonds. The van der Waals surface area contributed by atoms with Crippen LogP contribution in [0, 0.1) is 0 Å². The number of likely N-dealkylation sites (N-methyl/N-ethyl adjacent to an activating group) is 1. The van der Waals surface area contributed by atoms with Crippen LogP contribution >= 0.6 is 0 Å². The van der Waals surface area contributed by atoms with Crippen LogP contribution in [0.4, 0.5) is 0 Å². The Morgan fingerprint density at radius 1 is 1.36 bits per heavy atom. The van der Waals surface area contributed by atoms with E-state index in [4.69, 9.17) is 4.74 Å². The molecule has 0 spiro atoms. The van der Waals surface area contributed by atoms with Crippen LogP contribution in [0.3, 0.4) is 0 Å². The molecule has 1 aromatic rings. The number of nitrogens with zero attached hydrogens (tertiary/aromatic N) is 3. The molecule has 0 aromatic carbocycles. The van der Waals surface area contributed by atoms with E-state index in [2.05, 4.69) is 15.3 Å². The first-order valence-corrected chi connectivity index (χ1v) is 7.68. The zero-order chi connectivity index (χ0) is 15.8. The van der Waals surface area contributed by atoms with Crippen LogP contribution in [-0.4, -0.2) is 53.6 Å². The SMILES string of the molecule is CN(C)C/C=C/C(=O)NC1CCC(Oc2cnccn2)CC1. The van der Waals surface area contributed by atoms with Gasteiger partial charge in [0.2, 0.25) is 11.8 Å². The summed E-state index contributed by atoms with van der Waals surface area (Å²) < 4.78 is 5.79. The van der Waals surface area contributed by atoms with Gasteiger partial charge in [-0.25, -0.2) is 4.98 Å². The second-order valence-electron chi connectivity index (χ2n) is 5.81. The van der Waals surface area contributed by atoms with Crippen molar-refractivity contribution in [2.24, 2.45) is 0 Å². The molecule has 0 atom stereocenters. The third-order valence-electron chi connectivity index (χ3n) is 3.59. The molecule has 0 radical (unpaired) electrons. The van der Waals surface area contributed by atoms with Gasteiger partial charge in [0.15, 0.2) is 0 Å². The highest BCUT2D eigenvalue weighted by Gasteiger charge is 2.23. The Balaban J connectivity index is 1.68. The predicted molar refractivity (Wildman–Crippen MR) is 84.5 cm³/mol.